The maximum absolute atomic E-state index is 5.34. The third kappa shape index (κ3) is 1.42. The predicted molar refractivity (Wildman–Crippen MR) is 53.7 cm³/mol. The molecule has 2 rings (SSSR count). The Morgan fingerprint density at radius 3 is 3.15 bits per heavy atom. The minimum absolute atomic E-state index is 0.311. The predicted octanol–water partition coefficient (Wildman–Crippen LogP) is 1.67. The molecule has 0 aromatic carbocycles. The lowest BCUT2D eigenvalue weighted by molar-refractivity contribution is 0.0655. The first-order valence-corrected chi connectivity index (χ1v) is 5.07. The molecular formula is C11H19NO. The molecule has 0 aromatic rings. The molecule has 2 aliphatic heterocycles. The fourth-order valence-corrected chi connectivity index (χ4v) is 3.09. The topological polar surface area (TPSA) is 12.5 Å². The van der Waals surface area contributed by atoms with Crippen molar-refractivity contribution >= 4 is 0 Å². The quantitative estimate of drug-likeness (QED) is 0.601. The summed E-state index contributed by atoms with van der Waals surface area (Å²) in [5.74, 6) is 0.822. The van der Waals surface area contributed by atoms with Crippen molar-refractivity contribution in [2.45, 2.75) is 25.3 Å². The number of fused-ring (bicyclic) bond motifs is 1. The van der Waals surface area contributed by atoms with Crippen molar-refractivity contribution in [3.8, 4) is 0 Å². The van der Waals surface area contributed by atoms with E-state index in [0.717, 1.165) is 25.5 Å². The van der Waals surface area contributed by atoms with Gasteiger partial charge in [-0.15, -0.1) is 0 Å². The number of rotatable bonds is 2. The van der Waals surface area contributed by atoms with Crippen molar-refractivity contribution in [2.24, 2.45) is 5.92 Å². The molecule has 74 valence electrons. The Balaban J connectivity index is 2.16. The van der Waals surface area contributed by atoms with Crippen LogP contribution in [-0.4, -0.2) is 37.2 Å². The number of hydrogen-bond acceptors (Lipinski definition) is 2. The molecule has 2 fully saturated rings. The number of methoxy groups -OCH3 is 1. The largest absolute Gasteiger partial charge is 0.383 e. The van der Waals surface area contributed by atoms with Crippen LogP contribution in [-0.2, 0) is 4.74 Å². The summed E-state index contributed by atoms with van der Waals surface area (Å²) >= 11 is 0. The molecule has 0 saturated carbocycles. The normalized spacial score (nSPS) is 39.8. The number of hydrogen-bond donors (Lipinski definition) is 0. The fourth-order valence-electron chi connectivity index (χ4n) is 3.09. The fraction of sp³-hybridized carbons (Fsp3) is 0.818. The van der Waals surface area contributed by atoms with Crippen LogP contribution in [0.15, 0.2) is 12.2 Å². The van der Waals surface area contributed by atoms with Crippen molar-refractivity contribution in [3.05, 3.63) is 12.2 Å². The van der Waals surface area contributed by atoms with Gasteiger partial charge in [0.25, 0.3) is 0 Å². The second-order valence-corrected chi connectivity index (χ2v) is 4.77. The van der Waals surface area contributed by atoms with E-state index >= 15 is 0 Å². The molecule has 13 heavy (non-hydrogen) atoms. The highest BCUT2D eigenvalue weighted by Gasteiger charge is 2.48. The lowest BCUT2D eigenvalue weighted by atomic mass is 9.90. The van der Waals surface area contributed by atoms with Crippen LogP contribution < -0.4 is 0 Å². The summed E-state index contributed by atoms with van der Waals surface area (Å²) in [5.41, 5.74) is 1.69. The third-order valence-electron chi connectivity index (χ3n) is 3.34. The number of ether oxygens (including phenoxy) is 1. The van der Waals surface area contributed by atoms with Crippen LogP contribution in [0.5, 0.6) is 0 Å². The molecule has 2 atom stereocenters. The van der Waals surface area contributed by atoms with E-state index in [-0.39, 0.29) is 0 Å². The monoisotopic (exact) mass is 181 g/mol. The lowest BCUT2D eigenvalue weighted by Gasteiger charge is -2.30. The van der Waals surface area contributed by atoms with Crippen LogP contribution in [0.4, 0.5) is 0 Å². The van der Waals surface area contributed by atoms with Gasteiger partial charge in [-0.1, -0.05) is 19.1 Å². The summed E-state index contributed by atoms with van der Waals surface area (Å²) in [7, 11) is 1.80. The van der Waals surface area contributed by atoms with Gasteiger partial charge in [-0.2, -0.15) is 0 Å². The van der Waals surface area contributed by atoms with E-state index in [9.17, 15) is 0 Å². The van der Waals surface area contributed by atoms with Gasteiger partial charge >= 0.3 is 0 Å². The van der Waals surface area contributed by atoms with Crippen LogP contribution in [0.1, 0.15) is 19.8 Å². The molecule has 2 unspecified atom stereocenters. The lowest BCUT2D eigenvalue weighted by Crippen LogP contribution is -2.42. The molecule has 2 heterocycles. The summed E-state index contributed by atoms with van der Waals surface area (Å²) in [6.45, 7) is 9.61. The van der Waals surface area contributed by atoms with E-state index in [1.54, 1.807) is 7.11 Å². The van der Waals surface area contributed by atoms with Crippen molar-refractivity contribution < 1.29 is 4.74 Å². The van der Waals surface area contributed by atoms with Gasteiger partial charge in [0.2, 0.25) is 0 Å². The first kappa shape index (κ1) is 9.22. The van der Waals surface area contributed by atoms with Crippen molar-refractivity contribution in [3.63, 3.8) is 0 Å². The van der Waals surface area contributed by atoms with Crippen molar-refractivity contribution in [1.82, 2.24) is 4.90 Å². The van der Waals surface area contributed by atoms with Gasteiger partial charge in [-0.25, -0.2) is 0 Å². The smallest absolute Gasteiger partial charge is 0.0650 e. The van der Waals surface area contributed by atoms with Crippen LogP contribution in [0.25, 0.3) is 0 Å². The SMILES string of the molecule is C=C1CN2CC(C)CC2(COC)C1. The van der Waals surface area contributed by atoms with Crippen molar-refractivity contribution in [1.29, 1.82) is 0 Å². The minimum atomic E-state index is 0.311. The molecule has 2 heteroatoms. The Kier molecular flexibility index (Phi) is 2.20. The minimum Gasteiger partial charge on any atom is -0.383 e. The molecule has 2 saturated heterocycles. The molecule has 0 spiro atoms. The Hall–Kier alpha value is -0.340. The molecule has 2 aliphatic rings. The summed E-state index contributed by atoms with van der Waals surface area (Å²) < 4.78 is 5.34. The molecule has 0 aliphatic carbocycles. The molecule has 0 amide bonds. The molecular weight excluding hydrogens is 162 g/mol. The van der Waals surface area contributed by atoms with E-state index in [2.05, 4.69) is 18.4 Å². The van der Waals surface area contributed by atoms with Crippen LogP contribution in [0.3, 0.4) is 0 Å². The zero-order valence-corrected chi connectivity index (χ0v) is 8.68. The van der Waals surface area contributed by atoms with Gasteiger partial charge in [0.1, 0.15) is 0 Å². The van der Waals surface area contributed by atoms with Gasteiger partial charge in [-0.3, -0.25) is 4.90 Å². The van der Waals surface area contributed by atoms with Crippen molar-refractivity contribution in [2.75, 3.05) is 26.8 Å². The highest BCUT2D eigenvalue weighted by molar-refractivity contribution is 5.18. The van der Waals surface area contributed by atoms with E-state index in [1.807, 2.05) is 0 Å². The van der Waals surface area contributed by atoms with Crippen LogP contribution in [0, 0.1) is 5.92 Å². The average Bonchev–Trinajstić information content (AvgIpc) is 2.40. The van der Waals surface area contributed by atoms with Crippen LogP contribution in [0.2, 0.25) is 0 Å². The van der Waals surface area contributed by atoms with E-state index in [4.69, 9.17) is 4.74 Å². The van der Waals surface area contributed by atoms with Gasteiger partial charge in [0.05, 0.1) is 6.61 Å². The second-order valence-electron chi connectivity index (χ2n) is 4.77. The summed E-state index contributed by atoms with van der Waals surface area (Å²) in [5, 5.41) is 0. The Bertz CT molecular complexity index is 226. The third-order valence-corrected chi connectivity index (χ3v) is 3.34. The zero-order valence-electron chi connectivity index (χ0n) is 8.68. The zero-order chi connectivity index (χ0) is 9.47. The summed E-state index contributed by atoms with van der Waals surface area (Å²) in [6, 6.07) is 0. The number of nitrogens with zero attached hydrogens (tertiary/aromatic N) is 1. The standard InChI is InChI=1S/C11H19NO/c1-9-4-11(8-13-3)5-10(2)7-12(11)6-9/h10H,1,4-8H2,2-3H3. The van der Waals surface area contributed by atoms with Gasteiger partial charge in [-0.05, 0) is 18.8 Å². The van der Waals surface area contributed by atoms with Gasteiger partial charge in [0, 0.05) is 25.7 Å². The molecule has 0 bridgehead atoms. The average molecular weight is 181 g/mol. The van der Waals surface area contributed by atoms with Gasteiger partial charge in [0.15, 0.2) is 0 Å². The Morgan fingerprint density at radius 1 is 1.69 bits per heavy atom. The first-order valence-electron chi connectivity index (χ1n) is 5.07. The second kappa shape index (κ2) is 3.10. The molecule has 0 N–H and O–H groups in total. The highest BCUT2D eigenvalue weighted by atomic mass is 16.5. The maximum atomic E-state index is 5.34. The highest BCUT2D eigenvalue weighted by Crippen LogP contribution is 2.42. The molecule has 0 radical (unpaired) electrons. The van der Waals surface area contributed by atoms with Gasteiger partial charge < -0.3 is 4.74 Å². The Morgan fingerprint density at radius 2 is 2.46 bits per heavy atom. The van der Waals surface area contributed by atoms with Crippen LogP contribution >= 0.6 is 0 Å². The summed E-state index contributed by atoms with van der Waals surface area (Å²) in [6.07, 6.45) is 2.42. The maximum Gasteiger partial charge on any atom is 0.0650 e. The van der Waals surface area contributed by atoms with E-state index in [0.29, 0.717) is 5.54 Å². The Labute approximate surface area is 80.6 Å². The molecule has 0 aromatic heterocycles. The van der Waals surface area contributed by atoms with E-state index < -0.39 is 0 Å². The summed E-state index contributed by atoms with van der Waals surface area (Å²) in [4.78, 5) is 2.56. The van der Waals surface area contributed by atoms with E-state index in [1.165, 1.54) is 18.5 Å². The molecule has 2 nitrogen and oxygen atoms in total. The first-order chi connectivity index (χ1) is 6.16.